The summed E-state index contributed by atoms with van der Waals surface area (Å²) in [7, 11) is 3.58. The first kappa shape index (κ1) is 62.5. The molecule has 87 heavy (non-hydrogen) atoms. The molecule has 468 valence electrons. The first-order chi connectivity index (χ1) is 41.2. The summed E-state index contributed by atoms with van der Waals surface area (Å²) in [5.74, 6) is -10.4. The fourth-order valence-electron chi connectivity index (χ4n) is 14.2. The normalized spacial score (nSPS) is 29.6. The van der Waals surface area contributed by atoms with Gasteiger partial charge in [-0.25, -0.2) is 9.18 Å². The molecule has 2 aliphatic carbocycles. The number of aliphatic hydroxyl groups is 2. The molecule has 2 saturated carbocycles. The number of carbonyl (C=O) groups is 4. The van der Waals surface area contributed by atoms with Crippen LogP contribution in [0.4, 0.5) is 15.8 Å². The first-order valence-corrected chi connectivity index (χ1v) is 30.1. The number of methoxy groups -OCH3 is 1. The molecule has 7 heterocycles. The van der Waals surface area contributed by atoms with E-state index in [0.717, 1.165) is 43.9 Å². The number of hydrogen-bond acceptors (Lipinski definition) is 18. The second-order valence-corrected chi connectivity index (χ2v) is 25.3. The van der Waals surface area contributed by atoms with Gasteiger partial charge in [-0.1, -0.05) is 45.9 Å². The van der Waals surface area contributed by atoms with Gasteiger partial charge in [0.25, 0.3) is 17.2 Å². The molecule has 0 spiro atoms. The number of phenols is 3. The number of rotatable bonds is 10. The maximum atomic E-state index is 16.3. The summed E-state index contributed by atoms with van der Waals surface area (Å²) in [5.41, 5.74) is 0.593. The van der Waals surface area contributed by atoms with Crippen LogP contribution in [0.3, 0.4) is 0 Å². The largest absolute Gasteiger partial charge is 0.507 e. The van der Waals surface area contributed by atoms with Crippen molar-refractivity contribution in [1.29, 1.82) is 0 Å². The highest BCUT2D eigenvalue weighted by Crippen LogP contribution is 2.56. The smallest absolute Gasteiger partial charge is 0.341 e. The lowest BCUT2D eigenvalue weighted by Gasteiger charge is -2.42. The third kappa shape index (κ3) is 11.2. The van der Waals surface area contributed by atoms with Crippen molar-refractivity contribution in [3.05, 3.63) is 98.0 Å². The number of nitrogens with one attached hydrogen (secondary N) is 1. The van der Waals surface area contributed by atoms with Gasteiger partial charge < -0.3 is 59.8 Å². The number of carboxylic acids is 1. The lowest BCUT2D eigenvalue weighted by Crippen LogP contribution is -2.50. The summed E-state index contributed by atoms with van der Waals surface area (Å²) in [6.07, 6.45) is 11.7. The summed E-state index contributed by atoms with van der Waals surface area (Å²) in [4.78, 5) is 71.4. The van der Waals surface area contributed by atoms with E-state index in [0.29, 0.717) is 55.8 Å². The summed E-state index contributed by atoms with van der Waals surface area (Å²) >= 11 is 0. The van der Waals surface area contributed by atoms with E-state index in [4.69, 9.17) is 24.0 Å². The molecule has 21 nitrogen and oxygen atoms in total. The zero-order valence-electron chi connectivity index (χ0n) is 51.2. The molecule has 10 atom stereocenters. The number of aryl methyl sites for hydroxylation is 1. The number of aromatic carboxylic acids is 1. The van der Waals surface area contributed by atoms with Crippen LogP contribution >= 0.6 is 0 Å². The number of fused-ring (bicyclic) bond motifs is 15. The highest BCUT2D eigenvalue weighted by Gasteiger charge is 2.56. The van der Waals surface area contributed by atoms with Crippen molar-refractivity contribution < 1.29 is 73.2 Å². The summed E-state index contributed by atoms with van der Waals surface area (Å²) in [6.45, 7) is 16.5. The molecular weight excluding hydrogens is 1120 g/mol. The van der Waals surface area contributed by atoms with Crippen LogP contribution in [-0.4, -0.2) is 157 Å². The lowest BCUT2D eigenvalue weighted by atomic mass is 9.78. The Morgan fingerprint density at radius 2 is 1.59 bits per heavy atom. The Labute approximate surface area is 504 Å². The lowest BCUT2D eigenvalue weighted by molar-refractivity contribution is -0.160. The number of ketones is 1. The van der Waals surface area contributed by atoms with Gasteiger partial charge in [0.2, 0.25) is 0 Å². The van der Waals surface area contributed by atoms with Crippen molar-refractivity contribution in [3.63, 3.8) is 0 Å². The number of allylic oxidation sites excluding steroid dienone is 2. The Kier molecular flexibility index (Phi) is 17.2. The number of nitrogens with zero attached hydrogens (tertiary/aromatic N) is 5. The topological polar surface area (TPSA) is 282 Å². The van der Waals surface area contributed by atoms with E-state index in [1.807, 2.05) is 11.9 Å². The molecule has 4 aromatic rings. The minimum atomic E-state index is -2.11. The second kappa shape index (κ2) is 23.9. The quantitative estimate of drug-likeness (QED) is 0.0341. The first-order valence-electron chi connectivity index (χ1n) is 30.1. The summed E-state index contributed by atoms with van der Waals surface area (Å²) < 4.78 is 41.4. The van der Waals surface area contributed by atoms with Crippen molar-refractivity contribution in [2.75, 3.05) is 50.6 Å². The Morgan fingerprint density at radius 1 is 0.897 bits per heavy atom. The number of hydrogen-bond donors (Lipinski definition) is 7. The average Bonchev–Trinajstić information content (AvgIpc) is 1.69. The average molecular weight is 1210 g/mol. The number of benzene rings is 2. The highest BCUT2D eigenvalue weighted by molar-refractivity contribution is 6.24. The second-order valence-electron chi connectivity index (χ2n) is 25.3. The van der Waals surface area contributed by atoms with E-state index in [1.165, 1.54) is 69.9 Å². The summed E-state index contributed by atoms with van der Waals surface area (Å²) in [6, 6.07) is 1.62. The zero-order valence-corrected chi connectivity index (χ0v) is 51.2. The monoisotopic (exact) mass is 1200 g/mol. The third-order valence-electron chi connectivity index (χ3n) is 19.8. The number of carboxylic acid groups (broad SMARTS) is 1. The van der Waals surface area contributed by atoms with Gasteiger partial charge in [0.1, 0.15) is 28.9 Å². The number of aromatic nitrogens is 1. The number of piperidine rings is 1. The Morgan fingerprint density at radius 3 is 2.22 bits per heavy atom. The zero-order chi connectivity index (χ0) is 63.0. The van der Waals surface area contributed by atoms with E-state index in [-0.39, 0.29) is 73.5 Å². The number of aromatic hydroxyl groups is 3. The van der Waals surface area contributed by atoms with Crippen LogP contribution in [0.15, 0.2) is 58.3 Å². The van der Waals surface area contributed by atoms with Gasteiger partial charge >= 0.3 is 17.7 Å². The highest BCUT2D eigenvalue weighted by atomic mass is 19.1. The number of Topliss-reactive ketones (excluding diaryl/α,β-unsaturated/α-hetero) is 1. The SMILES string of the molecule is CO[C@H]1/C=C/O[C@@]2(C)Oc3c(C)c(O)c4c(O)c(c(/C=N/N5CCC(N(C)C6([C@H]7CCN(c8c(F)cn9c(=O)c(C(=O)O)cc(C%10CC%10)c9c8C)C7)CC6)CC5)c(O)c4c3C2=O)NC(=O)/C(C)=C\C=C\[C@@H](C)[C@H](O)[C@@H](C)[C@@H](O)[C@@H](C)[C@H](OC(C)=O)[C@@H]1C. The maximum Gasteiger partial charge on any atom is 0.341 e. The number of anilines is 2. The van der Waals surface area contributed by atoms with Gasteiger partial charge in [-0.15, -0.1) is 0 Å². The van der Waals surface area contributed by atoms with Crippen LogP contribution in [0.1, 0.15) is 142 Å². The van der Waals surface area contributed by atoms with Crippen molar-refractivity contribution in [1.82, 2.24) is 14.3 Å². The number of ether oxygens (including phenoxy) is 4. The van der Waals surface area contributed by atoms with Crippen LogP contribution in [-0.2, 0) is 23.8 Å². The molecule has 7 N–H and O–H groups in total. The minimum Gasteiger partial charge on any atom is -0.507 e. The van der Waals surface area contributed by atoms with Crippen molar-refractivity contribution in [2.24, 2.45) is 34.7 Å². The number of pyridine rings is 2. The number of amides is 1. The molecule has 0 radical (unpaired) electrons. The van der Waals surface area contributed by atoms with Crippen LogP contribution in [0.5, 0.6) is 23.0 Å². The van der Waals surface area contributed by atoms with E-state index in [1.54, 1.807) is 39.8 Å². The molecule has 11 rings (SSSR count). The number of phenolic OH excluding ortho intramolecular Hbond substituents is 3. The third-order valence-corrected chi connectivity index (χ3v) is 19.8. The van der Waals surface area contributed by atoms with E-state index >= 15 is 4.39 Å². The van der Waals surface area contributed by atoms with Gasteiger partial charge in [-0.3, -0.25) is 33.5 Å². The number of aliphatic hydroxyl groups excluding tert-OH is 2. The van der Waals surface area contributed by atoms with Gasteiger partial charge in [0.15, 0.2) is 11.6 Å². The fourth-order valence-corrected chi connectivity index (χ4v) is 14.2. The summed E-state index contributed by atoms with van der Waals surface area (Å²) in [5, 5.41) is 78.5. The number of hydrazone groups is 1. The number of halogens is 1. The van der Waals surface area contributed by atoms with Gasteiger partial charge in [-0.05, 0) is 108 Å². The molecule has 5 aliphatic heterocycles. The van der Waals surface area contributed by atoms with E-state index in [9.17, 15) is 54.6 Å². The van der Waals surface area contributed by atoms with Crippen molar-refractivity contribution in [2.45, 2.75) is 155 Å². The molecular formula is C65H81FN6O15. The molecule has 2 saturated heterocycles. The predicted octanol–water partition coefficient (Wildman–Crippen LogP) is 8.18. The van der Waals surface area contributed by atoms with E-state index in [2.05, 4.69) is 22.2 Å². The minimum absolute atomic E-state index is 0.0215. The Hall–Kier alpha value is -7.53. The van der Waals surface area contributed by atoms with Crippen LogP contribution in [0.2, 0.25) is 0 Å². The molecule has 4 fully saturated rings. The van der Waals surface area contributed by atoms with Crippen molar-refractivity contribution >= 4 is 57.5 Å². The van der Waals surface area contributed by atoms with Crippen LogP contribution < -0.4 is 20.5 Å². The molecule has 7 aliphatic rings. The molecule has 22 heteroatoms. The maximum absolute atomic E-state index is 16.3. The predicted molar refractivity (Wildman–Crippen MR) is 323 cm³/mol. The Balaban J connectivity index is 0.932. The van der Waals surface area contributed by atoms with Gasteiger partial charge in [-0.2, -0.15) is 5.10 Å². The Bertz CT molecular complexity index is 3640. The molecule has 2 aromatic carbocycles. The molecule has 2 aromatic heterocycles. The van der Waals surface area contributed by atoms with Crippen molar-refractivity contribution in [3.8, 4) is 23.0 Å². The van der Waals surface area contributed by atoms with E-state index < -0.39 is 106 Å². The molecule has 0 unspecified atom stereocenters. The van der Waals surface area contributed by atoms with Gasteiger partial charge in [0, 0.05) is 98.9 Å². The molecule has 1 amide bonds. The standard InChI is InChI=1S/C65H81FN6O15/c1-31-13-12-14-32(2)61(80)68-50-44(56(77)47-48(57(50)78)55(76)37(7)59-49(47)60(79)64(9,87-59)85-26-20-46(84-11)33(3)58(86-38(8)73)36(6)54(75)35(5)53(31)74)28-67-71-24-18-41(19-25-71)69(10)65(21-22-65)40-17-23-70(29-40)52-34(4)51-42(39-15-16-39)27-43(63(82)83)62(81)72(51)30-45(52)66/h12-14,20,26-28,30-31,33,35-36,39-41,46,53-54,58,74-78H,15-19,21-25,29H2,1-11H3,(H,68,80)(H,82,83)/b13-12+,26-20+,32-14-,67-28+/t31-,33-,35-,36-,40+,46+,53+,54-,58-,64+/m1/s1. The van der Waals surface area contributed by atoms with Crippen LogP contribution in [0, 0.1) is 49.3 Å². The fraction of sp³-hybridized carbons (Fsp3) is 0.538. The van der Waals surface area contributed by atoms with Crippen LogP contribution in [0.25, 0.3) is 16.3 Å². The number of esters is 1. The number of carbonyl (C=O) groups excluding carboxylic acids is 3. The molecule has 5 bridgehead atoms. The van der Waals surface area contributed by atoms with Gasteiger partial charge in [0.05, 0.1) is 70.4 Å².